The molecule has 0 saturated carbocycles. The lowest BCUT2D eigenvalue weighted by Crippen LogP contribution is -1.96. The van der Waals surface area contributed by atoms with E-state index < -0.39 is 0 Å². The van der Waals surface area contributed by atoms with Crippen molar-refractivity contribution in [2.75, 3.05) is 0 Å². The molecule has 28 rings (SSSR count). The van der Waals surface area contributed by atoms with Crippen molar-refractivity contribution in [3.63, 3.8) is 0 Å². The van der Waals surface area contributed by atoms with E-state index in [9.17, 15) is 0 Å². The third kappa shape index (κ3) is 14.7. The molecule has 0 aliphatic heterocycles. The molecule has 0 amide bonds. The molecule has 8 nitrogen and oxygen atoms in total. The number of hydrogen-bond acceptors (Lipinski definition) is 8. The third-order valence-corrected chi connectivity index (χ3v) is 28.7. The van der Waals surface area contributed by atoms with Gasteiger partial charge < -0.3 is 0 Å². The number of benzene rings is 20. The summed E-state index contributed by atoms with van der Waals surface area (Å²) in [6.45, 7) is 0. The molecular weight excluding hydrogens is 1750 g/mol. The topological polar surface area (TPSA) is 103 Å². The lowest BCUT2D eigenvalue weighted by molar-refractivity contribution is 1.37. The van der Waals surface area contributed by atoms with Gasteiger partial charge in [0.15, 0.2) is 0 Å². The van der Waals surface area contributed by atoms with Crippen molar-refractivity contribution in [2.45, 2.75) is 0 Å². The molecule has 28 aromatic rings. The molecule has 0 saturated heterocycles. The largest absolute Gasteiger partial charge is 0.254 e. The molecule has 8 heterocycles. The number of pyridine rings is 8. The van der Waals surface area contributed by atoms with Crippen LogP contribution in [0.2, 0.25) is 0 Å². The third-order valence-electron chi connectivity index (χ3n) is 28.7. The molecule has 0 aliphatic carbocycles. The fourth-order valence-electron chi connectivity index (χ4n) is 22.0. The smallest absolute Gasteiger partial charge is 0.0978 e. The van der Waals surface area contributed by atoms with Crippen LogP contribution in [-0.2, 0) is 0 Å². The normalized spacial score (nSPS) is 11.6. The van der Waals surface area contributed by atoms with Gasteiger partial charge in [-0.3, -0.25) is 19.9 Å². The highest BCUT2D eigenvalue weighted by Gasteiger charge is 2.27. The van der Waals surface area contributed by atoms with E-state index in [2.05, 4.69) is 479 Å². The first kappa shape index (κ1) is 84.0. The van der Waals surface area contributed by atoms with Gasteiger partial charge in [-0.1, -0.05) is 431 Å². The van der Waals surface area contributed by atoms with Crippen LogP contribution in [0.1, 0.15) is 0 Å². The second-order valence-electron chi connectivity index (χ2n) is 36.9. The molecule has 0 radical (unpaired) electrons. The second kappa shape index (κ2) is 35.6. The first-order valence-electron chi connectivity index (χ1n) is 48.9. The molecular formula is C136H84N8. The Balaban J connectivity index is 0.000000143. The van der Waals surface area contributed by atoms with Crippen LogP contribution in [0.4, 0.5) is 0 Å². The summed E-state index contributed by atoms with van der Waals surface area (Å²) in [6, 6.07) is 174. The molecule has 0 fully saturated rings. The Morgan fingerprint density at radius 3 is 0.694 bits per heavy atom. The average Bonchev–Trinajstić information content (AvgIpc) is 0.718. The van der Waals surface area contributed by atoms with Crippen molar-refractivity contribution >= 4 is 130 Å². The number of rotatable bonds is 14. The van der Waals surface area contributed by atoms with Crippen molar-refractivity contribution < 1.29 is 0 Å². The van der Waals surface area contributed by atoms with Gasteiger partial charge in [-0.15, -0.1) is 0 Å². The van der Waals surface area contributed by atoms with E-state index in [0.717, 1.165) is 216 Å². The fourth-order valence-corrected chi connectivity index (χ4v) is 22.0. The minimum Gasteiger partial charge on any atom is -0.254 e. The molecule has 668 valence electrons. The van der Waals surface area contributed by atoms with E-state index in [-0.39, 0.29) is 0 Å². The van der Waals surface area contributed by atoms with Crippen molar-refractivity contribution in [2.24, 2.45) is 0 Å². The van der Waals surface area contributed by atoms with Gasteiger partial charge in [0.25, 0.3) is 0 Å². The van der Waals surface area contributed by atoms with Gasteiger partial charge in [-0.25, -0.2) is 19.9 Å². The summed E-state index contributed by atoms with van der Waals surface area (Å²) in [5.41, 5.74) is 37.9. The van der Waals surface area contributed by atoms with Gasteiger partial charge in [-0.05, 0) is 209 Å². The van der Waals surface area contributed by atoms with Crippen LogP contribution >= 0.6 is 0 Å². The Labute approximate surface area is 830 Å². The van der Waals surface area contributed by atoms with E-state index in [1.165, 1.54) is 70.9 Å². The Morgan fingerprint density at radius 1 is 0.111 bits per heavy atom. The van der Waals surface area contributed by atoms with Gasteiger partial charge >= 0.3 is 0 Å². The van der Waals surface area contributed by atoms with Crippen LogP contribution in [0, 0.1) is 0 Å². The predicted octanol–water partition coefficient (Wildman–Crippen LogP) is 35.7. The van der Waals surface area contributed by atoms with Gasteiger partial charge in [0.2, 0.25) is 0 Å². The Hall–Kier alpha value is -19.3. The van der Waals surface area contributed by atoms with Gasteiger partial charge in [0.1, 0.15) is 0 Å². The highest BCUT2D eigenvalue weighted by molar-refractivity contribution is 6.28. The Morgan fingerprint density at radius 2 is 0.347 bits per heavy atom. The van der Waals surface area contributed by atoms with E-state index in [4.69, 9.17) is 39.9 Å². The second-order valence-corrected chi connectivity index (χ2v) is 36.9. The number of hydrogen-bond donors (Lipinski definition) is 0. The highest BCUT2D eigenvalue weighted by Crippen LogP contribution is 2.52. The van der Waals surface area contributed by atoms with E-state index in [0.29, 0.717) is 0 Å². The maximum atomic E-state index is 5.46. The molecule has 144 heavy (non-hydrogen) atoms. The minimum atomic E-state index is 0.883. The summed E-state index contributed by atoms with van der Waals surface area (Å²) in [5, 5.41) is 18.0. The summed E-state index contributed by atoms with van der Waals surface area (Å²) in [5.74, 6) is 0. The fraction of sp³-hybridized carbons (Fsp3) is 0. The predicted molar refractivity (Wildman–Crippen MR) is 601 cm³/mol. The molecule has 0 spiro atoms. The quantitative estimate of drug-likeness (QED) is 0.0784. The zero-order chi connectivity index (χ0) is 95.1. The molecule has 0 atom stereocenters. The lowest BCUT2D eigenvalue weighted by Gasteiger charge is -2.20. The van der Waals surface area contributed by atoms with Gasteiger partial charge in [-0.2, -0.15) is 0 Å². The van der Waals surface area contributed by atoms with Gasteiger partial charge in [0, 0.05) is 90.1 Å². The zero-order valence-corrected chi connectivity index (χ0v) is 78.1. The standard InChI is InChI=1S/2C68H42N4/c1-5-17-43(18-6-1)49-37-39-69-65-55(49)33-35-57-59(41-61(71-67(57)65)46-21-9-3-10-22-46)45-29-31-48(32-30-45)63-51-25-13-15-27-53(51)64(54-28-16-14-26-52(54)63)60-42-62(47-23-11-4-12-24-47)72-68-58(60)36-34-56-50(38-40-70-66(56)68)44-19-7-2-8-20-44;1-5-16-43(17-6-1)50-32-33-54-59(40-50)63(52-25-13-14-26-53(52)64(54)60-42-62(47-22-11-4-12-23-47)71-67-57(60)34-31-49-24-15-38-69-65(49)67)48-29-27-45(28-30-48)58-41-61(46-20-9-3-10-21-46)72-68-56(58)36-35-55-51(37-39-70-66(55)68)44-18-7-2-8-19-44/h2*1-42H. The Bertz CT molecular complexity index is 9900. The maximum absolute atomic E-state index is 5.46. The highest BCUT2D eigenvalue weighted by atomic mass is 14.8. The van der Waals surface area contributed by atoms with Crippen molar-refractivity contribution in [3.05, 3.63) is 510 Å². The summed E-state index contributed by atoms with van der Waals surface area (Å²) in [6.07, 6.45) is 7.62. The summed E-state index contributed by atoms with van der Waals surface area (Å²) in [7, 11) is 0. The lowest BCUT2D eigenvalue weighted by atomic mass is 9.83. The van der Waals surface area contributed by atoms with Gasteiger partial charge in [0.05, 0.1) is 66.9 Å². The van der Waals surface area contributed by atoms with Crippen molar-refractivity contribution in [3.8, 4) is 156 Å². The van der Waals surface area contributed by atoms with E-state index in [1.807, 2.05) is 30.9 Å². The molecule has 8 aromatic heterocycles. The summed E-state index contributed by atoms with van der Waals surface area (Å²) in [4.78, 5) is 41.6. The molecule has 8 heteroatoms. The van der Waals surface area contributed by atoms with E-state index >= 15 is 0 Å². The minimum absolute atomic E-state index is 0.883. The van der Waals surface area contributed by atoms with Crippen LogP contribution in [0.5, 0.6) is 0 Å². The number of aromatic nitrogens is 8. The van der Waals surface area contributed by atoms with Crippen molar-refractivity contribution in [1.29, 1.82) is 0 Å². The summed E-state index contributed by atoms with van der Waals surface area (Å²) < 4.78 is 0. The van der Waals surface area contributed by atoms with Crippen LogP contribution in [0.25, 0.3) is 287 Å². The monoisotopic (exact) mass is 1830 g/mol. The number of fused-ring (bicyclic) bond motifs is 16. The molecule has 0 bridgehead atoms. The first-order chi connectivity index (χ1) is 71.4. The summed E-state index contributed by atoms with van der Waals surface area (Å²) >= 11 is 0. The van der Waals surface area contributed by atoms with Crippen molar-refractivity contribution in [1.82, 2.24) is 39.9 Å². The molecule has 20 aromatic carbocycles. The zero-order valence-electron chi connectivity index (χ0n) is 78.1. The SMILES string of the molecule is c1ccc(-c2cc(-c3ccc(-c4c5ccccc5c(-c5cc(-c6ccccc6)nc6c5ccc5c(-c7ccccc7)ccnc56)c5ccccc45)cc3)c3ccc4c(-c5ccccc5)ccnc4c3n2)cc1.c1ccc(-c2ccc3c(-c4cc(-c5ccccc5)nc5c4ccc4cccnc45)c4ccccc4c(-c4ccc(-c5cc(-c6ccccc6)nc6c5ccc5c(-c7ccccc7)ccnc56)cc4)c3c2)cc1. The number of nitrogens with zero attached hydrogens (tertiary/aromatic N) is 8. The van der Waals surface area contributed by atoms with Crippen LogP contribution in [-0.4, -0.2) is 39.9 Å². The molecule has 0 unspecified atom stereocenters. The molecule has 0 N–H and O–H groups in total. The molecule has 0 aliphatic rings. The van der Waals surface area contributed by atoms with E-state index in [1.54, 1.807) is 0 Å². The first-order valence-corrected chi connectivity index (χ1v) is 48.9. The average molecular weight is 1830 g/mol. The van der Waals surface area contributed by atoms with Crippen LogP contribution in [0.3, 0.4) is 0 Å². The Kier molecular flexibility index (Phi) is 20.8. The van der Waals surface area contributed by atoms with Crippen LogP contribution in [0.15, 0.2) is 510 Å². The maximum Gasteiger partial charge on any atom is 0.0978 e. The van der Waals surface area contributed by atoms with Crippen LogP contribution < -0.4 is 0 Å².